The van der Waals surface area contributed by atoms with Crippen molar-refractivity contribution in [3.05, 3.63) is 36.5 Å². The van der Waals surface area contributed by atoms with Crippen LogP contribution in [0.5, 0.6) is 0 Å². The molecule has 0 spiro atoms. The Balaban J connectivity index is 0.698. The number of carboxylic acid groups (broad SMARTS) is 1. The van der Waals surface area contributed by atoms with Crippen LogP contribution in [0.25, 0.3) is 0 Å². The number of ether oxygens (including phenoxy) is 17. The summed E-state index contributed by atoms with van der Waals surface area (Å²) in [5, 5.41) is 259. The number of esters is 4. The first-order valence-corrected chi connectivity index (χ1v) is 42.9. The molecule has 7 saturated heterocycles. The molecule has 12 rings (SSSR count). The fraction of sp³-hybridized carbons (Fsp3) is 0.863. The maximum Gasteiger partial charge on any atom is 0.330 e. The van der Waals surface area contributed by atoms with E-state index >= 15 is 0 Å². The van der Waals surface area contributed by atoms with Crippen LogP contribution in [0.1, 0.15) is 109 Å². The predicted octanol–water partition coefficient (Wildman–Crippen LogP) is -10.8. The van der Waals surface area contributed by atoms with Gasteiger partial charge in [-0.1, -0.05) is 18.2 Å². The Morgan fingerprint density at radius 3 is 1.29 bits per heavy atom. The third-order valence-corrected chi connectivity index (χ3v) is 26.1. The molecule has 0 bridgehead atoms. The van der Waals surface area contributed by atoms with Crippen LogP contribution in [-0.4, -0.2) is 448 Å². The Bertz CT molecular complexity index is 3550. The lowest BCUT2D eigenvalue weighted by atomic mass is 9.72. The third-order valence-electron chi connectivity index (χ3n) is 26.1. The molecule has 0 amide bonds. The molecule has 44 atom stereocenters. The van der Waals surface area contributed by atoms with Crippen LogP contribution >= 0.6 is 0 Å². The van der Waals surface area contributed by atoms with Crippen molar-refractivity contribution in [3.63, 3.8) is 0 Å². The molecule has 0 radical (unpaired) electrons. The van der Waals surface area contributed by atoms with Gasteiger partial charge in [0.05, 0.1) is 80.7 Å². The van der Waals surface area contributed by atoms with Gasteiger partial charge in [-0.15, -0.1) is 0 Å². The summed E-state index contributed by atoms with van der Waals surface area (Å²) in [4.78, 5) is 64.0. The quantitative estimate of drug-likeness (QED) is 0.0104. The minimum Gasteiger partial charge on any atom is -0.481 e. The zero-order chi connectivity index (χ0) is 91.0. The number of carbonyl (C=O) groups is 5. The number of aliphatic carboxylic acids is 1. The van der Waals surface area contributed by atoms with Crippen molar-refractivity contribution in [2.75, 3.05) is 39.6 Å². The molecule has 46 heteroatoms. The van der Waals surface area contributed by atoms with Gasteiger partial charge >= 0.3 is 29.8 Å². The number of aliphatic hydroxyl groups excluding tert-OH is 23. The number of carbonyl (C=O) groups excluding carboxylic acids is 4. The minimum atomic E-state index is -2.16. The van der Waals surface area contributed by atoms with Gasteiger partial charge in [-0.3, -0.25) is 9.59 Å². The first-order valence-electron chi connectivity index (χ1n) is 42.9. The van der Waals surface area contributed by atoms with Crippen molar-refractivity contribution < 1.29 is 227 Å². The van der Waals surface area contributed by atoms with Gasteiger partial charge in [0.1, 0.15) is 167 Å². The van der Waals surface area contributed by atoms with Crippen LogP contribution in [-0.2, 0) is 99.8 Å². The lowest BCUT2D eigenvalue weighted by Gasteiger charge is -2.50. The number of aliphatic hydroxyl groups is 25. The van der Waals surface area contributed by atoms with Crippen molar-refractivity contribution >= 4 is 29.8 Å². The summed E-state index contributed by atoms with van der Waals surface area (Å²) in [7, 11) is 0. The molecule has 46 nitrogen and oxygen atoms in total. The maximum atomic E-state index is 14.0. The van der Waals surface area contributed by atoms with Gasteiger partial charge in [-0.25, -0.2) is 14.4 Å². The summed E-state index contributed by atoms with van der Waals surface area (Å²) in [6.07, 6.45) is -54.9. The van der Waals surface area contributed by atoms with Crippen LogP contribution in [0, 0.1) is 29.6 Å². The van der Waals surface area contributed by atoms with Crippen LogP contribution in [0.2, 0.25) is 0 Å². The molecule has 5 aliphatic carbocycles. The topological polar surface area (TPSA) is 731 Å². The fourth-order valence-electron chi connectivity index (χ4n) is 18.6. The van der Waals surface area contributed by atoms with Crippen molar-refractivity contribution in [2.24, 2.45) is 29.6 Å². The maximum absolute atomic E-state index is 14.0. The number of allylic oxidation sites excluding steroid dienone is 3. The van der Waals surface area contributed by atoms with Gasteiger partial charge in [-0.05, 0) is 108 Å². The molecular weight excluding hydrogens is 1700 g/mol. The highest BCUT2D eigenvalue weighted by atomic mass is 16.8. The minimum absolute atomic E-state index is 0.000971. The summed E-state index contributed by atoms with van der Waals surface area (Å²) in [5.74, 6) is -8.50. The van der Waals surface area contributed by atoms with Gasteiger partial charge in [0, 0.05) is 37.0 Å². The van der Waals surface area contributed by atoms with E-state index in [-0.39, 0.29) is 82.5 Å². The molecule has 126 heavy (non-hydrogen) atoms. The van der Waals surface area contributed by atoms with Gasteiger partial charge in [0.2, 0.25) is 0 Å². The van der Waals surface area contributed by atoms with E-state index in [0.717, 1.165) is 18.2 Å². The number of rotatable bonds is 30. The van der Waals surface area contributed by atoms with E-state index in [0.29, 0.717) is 32.1 Å². The molecule has 7 aliphatic heterocycles. The first-order chi connectivity index (χ1) is 59.9. The van der Waals surface area contributed by atoms with E-state index < -0.39 is 345 Å². The molecule has 0 aromatic heterocycles. The molecule has 12 fully saturated rings. The Morgan fingerprint density at radius 2 is 0.794 bits per heavy atom. The first kappa shape index (κ1) is 100. The Hall–Kier alpha value is -4.87. The highest BCUT2D eigenvalue weighted by Crippen LogP contribution is 2.46. The second-order valence-corrected chi connectivity index (χ2v) is 34.9. The number of carboxylic acids is 1. The SMILES string of the molecule is O=C(O)CC(=O)OCC1OC(OC2CC(O)CC3[OH+]C(C4CCC(O)C(O)C4)C(OC4OC(COC(=O)C=CC5CCC(OC6OC(CO)C(O)C(O)C6O)CC5)C(O)C(O)C4OC4OCC(O)C(O)C4OC(=O)C=CC4CCC(OC5OC(COC(=O)C=CC6CCC(OC7OC(CO)C(O)C(O)C7O)C(O)C6)C(O)C(O)C5O)C(O)C4)CC23)C(O)C(O)C1O. The van der Waals surface area contributed by atoms with E-state index in [1.54, 1.807) is 6.08 Å². The van der Waals surface area contributed by atoms with E-state index in [2.05, 4.69) is 0 Å². The second-order valence-electron chi connectivity index (χ2n) is 34.9. The molecule has 25 N–H and O–H groups in total. The van der Waals surface area contributed by atoms with Crippen LogP contribution in [0.4, 0.5) is 0 Å². The molecule has 5 saturated carbocycles. The Kier molecular flexibility index (Phi) is 35.9. The third kappa shape index (κ3) is 24.8. The van der Waals surface area contributed by atoms with Crippen molar-refractivity contribution in [1.82, 2.24) is 0 Å². The molecule has 12 aliphatic rings. The summed E-state index contributed by atoms with van der Waals surface area (Å²) in [6.45, 7) is -4.31. The average Bonchev–Trinajstić information content (AvgIpc) is 0.762. The van der Waals surface area contributed by atoms with Gasteiger partial charge in [-0.2, -0.15) is 0 Å². The predicted molar refractivity (Wildman–Crippen MR) is 406 cm³/mol. The Morgan fingerprint density at radius 1 is 0.349 bits per heavy atom. The van der Waals surface area contributed by atoms with Crippen LogP contribution in [0.15, 0.2) is 36.5 Å². The van der Waals surface area contributed by atoms with Crippen LogP contribution < -0.4 is 0 Å². The number of fused-ring (bicyclic) bond motifs is 1. The highest BCUT2D eigenvalue weighted by Gasteiger charge is 2.60. The van der Waals surface area contributed by atoms with Gasteiger partial charge in [0.25, 0.3) is 0 Å². The normalized spacial score (nSPS) is 47.5. The lowest BCUT2D eigenvalue weighted by Crippen LogP contribution is -2.66. The summed E-state index contributed by atoms with van der Waals surface area (Å²) in [5.41, 5.74) is 0. The van der Waals surface area contributed by atoms with Gasteiger partial charge in [0.15, 0.2) is 56.1 Å². The highest BCUT2D eigenvalue weighted by molar-refractivity contribution is 5.90. The summed E-state index contributed by atoms with van der Waals surface area (Å²) >= 11 is 0. The van der Waals surface area contributed by atoms with E-state index in [9.17, 15) is 141 Å². The number of hydrogen-bond acceptors (Lipinski definition) is 44. The monoisotopic (exact) mass is 1820 g/mol. The molecular formula is C80H123O46+. The van der Waals surface area contributed by atoms with Crippen LogP contribution in [0.3, 0.4) is 0 Å². The fourth-order valence-corrected chi connectivity index (χ4v) is 18.6. The van der Waals surface area contributed by atoms with Gasteiger partial charge < -0.3 is 203 Å². The van der Waals surface area contributed by atoms with Crippen molar-refractivity contribution in [1.29, 1.82) is 0 Å². The lowest BCUT2D eigenvalue weighted by molar-refractivity contribution is -0.385. The largest absolute Gasteiger partial charge is 0.481 e. The zero-order valence-electron chi connectivity index (χ0n) is 68.5. The zero-order valence-corrected chi connectivity index (χ0v) is 68.5. The number of hydrogen-bond donors (Lipinski definition) is 24. The van der Waals surface area contributed by atoms with Crippen molar-refractivity contribution in [2.45, 2.75) is 361 Å². The smallest absolute Gasteiger partial charge is 0.330 e. The van der Waals surface area contributed by atoms with E-state index in [1.807, 2.05) is 0 Å². The Labute approximate surface area is 720 Å². The molecule has 0 aromatic carbocycles. The summed E-state index contributed by atoms with van der Waals surface area (Å²) < 4.78 is 99.0. The standard InChI is InChI=1S/C80H122O46/c81-24-47-58(96)63(101)68(106)75(120-47)114-35-9-1-30(2-10-35)5-14-53(91)111-28-51-62(100)67(105)74(80(124-51)119-46-22-36-44(115-72(46)33-8-11-37(84)38(85)19-33)20-34(83)21-45(36)118-78-71(109)66(104)61(99)50(123-78)29-112-56(94)23-52(89)90)126-79-73(57(95)41(88)26-113-79)125-55(93)16-7-32-4-13-43(40(87)18-32)117-77-70(108)65(103)60(98)49(122-77)27-110-54(92)15-6-31-3-12-42(39(86)17-31)116-76-69(107)64(102)59(97)48(25-82)121-76/h5-7,14-16,30-51,57-88,95-109H,1-4,8-13,17-29H2,(H,89,90)/p+1. The average molecular weight is 1820 g/mol. The molecule has 44 unspecified atom stereocenters. The second kappa shape index (κ2) is 45.2. The van der Waals surface area contributed by atoms with E-state index in [1.165, 1.54) is 12.2 Å². The summed E-state index contributed by atoms with van der Waals surface area (Å²) in [6, 6.07) is 0. The molecule has 0 aromatic rings. The van der Waals surface area contributed by atoms with E-state index in [4.69, 9.17) is 85.6 Å². The molecule has 7 heterocycles. The molecule has 718 valence electrons. The van der Waals surface area contributed by atoms with Crippen molar-refractivity contribution in [3.8, 4) is 0 Å².